The van der Waals surface area contributed by atoms with Gasteiger partial charge < -0.3 is 20.4 Å². The fourth-order valence-electron chi connectivity index (χ4n) is 5.37. The predicted octanol–water partition coefficient (Wildman–Crippen LogP) is 5.06. The number of urea groups is 1. The molecular formula is C27H29F7N4O2. The lowest BCUT2D eigenvalue weighted by molar-refractivity contribution is -0.143. The number of hydrogen-bond acceptors (Lipinski definition) is 3. The molecule has 2 atom stereocenters. The normalized spacial score (nSPS) is 20.6. The summed E-state index contributed by atoms with van der Waals surface area (Å²) in [6, 6.07) is 4.32. The topological polar surface area (TPSA) is 64.7 Å². The number of alkyl halides is 6. The number of hydrogen-bond donors (Lipinski definition) is 2. The van der Waals surface area contributed by atoms with E-state index in [2.05, 4.69) is 10.6 Å². The molecule has 40 heavy (non-hydrogen) atoms. The van der Waals surface area contributed by atoms with Crippen molar-refractivity contribution in [3.8, 4) is 0 Å². The Bertz CT molecular complexity index is 1220. The van der Waals surface area contributed by atoms with Crippen LogP contribution in [0.15, 0.2) is 36.4 Å². The number of amides is 3. The van der Waals surface area contributed by atoms with Crippen molar-refractivity contribution in [3.63, 3.8) is 0 Å². The number of rotatable bonds is 5. The summed E-state index contributed by atoms with van der Waals surface area (Å²) in [5.41, 5.74) is -1.75. The van der Waals surface area contributed by atoms with Crippen molar-refractivity contribution < 1.29 is 40.3 Å². The molecule has 0 radical (unpaired) electrons. The summed E-state index contributed by atoms with van der Waals surface area (Å²) in [7, 11) is 0. The van der Waals surface area contributed by atoms with Gasteiger partial charge in [0.25, 0.3) is 0 Å². The van der Waals surface area contributed by atoms with Gasteiger partial charge in [0.05, 0.1) is 23.7 Å². The Morgan fingerprint density at radius 1 is 1.02 bits per heavy atom. The molecule has 2 aromatic carbocycles. The van der Waals surface area contributed by atoms with Crippen molar-refractivity contribution in [3.05, 3.63) is 70.0 Å². The minimum Gasteiger partial charge on any atom is -0.338 e. The highest BCUT2D eigenvalue weighted by Gasteiger charge is 2.39. The van der Waals surface area contributed by atoms with Crippen LogP contribution in [-0.4, -0.2) is 60.5 Å². The van der Waals surface area contributed by atoms with Crippen LogP contribution in [-0.2, 0) is 23.6 Å². The molecular weight excluding hydrogens is 545 g/mol. The lowest BCUT2D eigenvalue weighted by Gasteiger charge is -2.45. The minimum absolute atomic E-state index is 0.0527. The number of aryl methyl sites for hydroxylation is 1. The van der Waals surface area contributed by atoms with Crippen LogP contribution < -0.4 is 10.6 Å². The Morgan fingerprint density at radius 2 is 1.70 bits per heavy atom. The second-order valence-corrected chi connectivity index (χ2v) is 10.0. The van der Waals surface area contributed by atoms with Gasteiger partial charge in [-0.1, -0.05) is 6.07 Å². The molecule has 0 unspecified atom stereocenters. The fraction of sp³-hybridized carbons (Fsp3) is 0.481. The highest BCUT2D eigenvalue weighted by atomic mass is 19.4. The van der Waals surface area contributed by atoms with E-state index in [9.17, 15) is 40.3 Å². The number of likely N-dealkylation sites (tertiary alicyclic amines) is 1. The zero-order valence-corrected chi connectivity index (χ0v) is 21.6. The van der Waals surface area contributed by atoms with Crippen molar-refractivity contribution in [2.75, 3.05) is 32.7 Å². The molecule has 0 saturated carbocycles. The molecule has 3 amide bonds. The van der Waals surface area contributed by atoms with Crippen LogP contribution in [0.25, 0.3) is 0 Å². The number of piperazine rings is 1. The molecule has 2 N–H and O–H groups in total. The van der Waals surface area contributed by atoms with Crippen molar-refractivity contribution in [1.29, 1.82) is 0 Å². The maximum Gasteiger partial charge on any atom is 0.416 e. The van der Waals surface area contributed by atoms with E-state index in [0.29, 0.717) is 49.2 Å². The van der Waals surface area contributed by atoms with Gasteiger partial charge in [0, 0.05) is 32.2 Å². The summed E-state index contributed by atoms with van der Waals surface area (Å²) < 4.78 is 92.9. The van der Waals surface area contributed by atoms with Crippen LogP contribution in [0, 0.1) is 12.7 Å². The Labute approximate surface area is 226 Å². The van der Waals surface area contributed by atoms with Crippen LogP contribution in [0.2, 0.25) is 0 Å². The van der Waals surface area contributed by atoms with Crippen LogP contribution in [0.1, 0.15) is 46.7 Å². The molecule has 2 fully saturated rings. The van der Waals surface area contributed by atoms with Crippen molar-refractivity contribution >= 4 is 11.9 Å². The second-order valence-electron chi connectivity index (χ2n) is 10.0. The molecule has 0 aromatic heterocycles. The number of halogens is 7. The van der Waals surface area contributed by atoms with Gasteiger partial charge in [0.1, 0.15) is 5.82 Å². The molecule has 6 nitrogen and oxygen atoms in total. The van der Waals surface area contributed by atoms with E-state index in [1.807, 2.05) is 0 Å². The van der Waals surface area contributed by atoms with Crippen LogP contribution in [0.5, 0.6) is 0 Å². The van der Waals surface area contributed by atoms with Crippen molar-refractivity contribution in [2.24, 2.45) is 0 Å². The number of nitrogens with zero attached hydrogens (tertiary/aromatic N) is 2. The largest absolute Gasteiger partial charge is 0.416 e. The Hall–Kier alpha value is -3.35. The maximum absolute atomic E-state index is 13.8. The van der Waals surface area contributed by atoms with Gasteiger partial charge in [-0.05, 0) is 73.2 Å². The van der Waals surface area contributed by atoms with Gasteiger partial charge in [0.15, 0.2) is 0 Å². The number of piperidine rings is 1. The molecule has 13 heteroatoms. The minimum atomic E-state index is -4.96. The number of carbonyl (C=O) groups excluding carboxylic acids is 2. The first-order valence-corrected chi connectivity index (χ1v) is 12.8. The highest BCUT2D eigenvalue weighted by Crippen LogP contribution is 2.37. The zero-order valence-electron chi connectivity index (χ0n) is 21.6. The molecule has 0 bridgehead atoms. The molecule has 2 aliphatic heterocycles. The summed E-state index contributed by atoms with van der Waals surface area (Å²) in [4.78, 5) is 29.0. The van der Waals surface area contributed by atoms with E-state index in [-0.39, 0.29) is 49.6 Å². The first-order chi connectivity index (χ1) is 18.7. The highest BCUT2D eigenvalue weighted by molar-refractivity contribution is 5.79. The van der Waals surface area contributed by atoms with E-state index in [1.165, 1.54) is 17.0 Å². The van der Waals surface area contributed by atoms with E-state index >= 15 is 0 Å². The summed E-state index contributed by atoms with van der Waals surface area (Å²) in [5, 5.41) is 5.63. The molecule has 2 heterocycles. The first-order valence-electron chi connectivity index (χ1n) is 12.8. The summed E-state index contributed by atoms with van der Waals surface area (Å²) in [6.07, 6.45) is -9.30. The first kappa shape index (κ1) is 29.6. The third-order valence-electron chi connectivity index (χ3n) is 7.33. The van der Waals surface area contributed by atoms with E-state index < -0.39 is 41.4 Å². The third kappa shape index (κ3) is 6.86. The number of benzene rings is 2. The monoisotopic (exact) mass is 574 g/mol. The summed E-state index contributed by atoms with van der Waals surface area (Å²) >= 11 is 0. The van der Waals surface area contributed by atoms with Crippen LogP contribution >= 0.6 is 0 Å². The second kappa shape index (κ2) is 11.6. The van der Waals surface area contributed by atoms with Gasteiger partial charge in [0.2, 0.25) is 5.91 Å². The SMILES string of the molecule is Cc1cc(F)ccc1[C@H]1C[C@H](N2CCNCC2=O)CCN1C(=O)NCCc1cc(C(F)(F)F)cc(C(F)(F)F)c1. The van der Waals surface area contributed by atoms with E-state index in [0.717, 1.165) is 0 Å². The Kier molecular flexibility index (Phi) is 8.62. The van der Waals surface area contributed by atoms with Crippen LogP contribution in [0.3, 0.4) is 0 Å². The fourth-order valence-corrected chi connectivity index (χ4v) is 5.37. The molecule has 2 aliphatic rings. The molecule has 2 aromatic rings. The third-order valence-corrected chi connectivity index (χ3v) is 7.33. The van der Waals surface area contributed by atoms with E-state index in [4.69, 9.17) is 0 Å². The molecule has 218 valence electrons. The molecule has 0 spiro atoms. The lowest BCUT2D eigenvalue weighted by atomic mass is 9.88. The van der Waals surface area contributed by atoms with Gasteiger partial charge in [-0.2, -0.15) is 26.3 Å². The maximum atomic E-state index is 13.8. The van der Waals surface area contributed by atoms with E-state index in [1.54, 1.807) is 17.9 Å². The smallest absolute Gasteiger partial charge is 0.338 e. The molecule has 4 rings (SSSR count). The quantitative estimate of drug-likeness (QED) is 0.491. The standard InChI is InChI=1S/C27H29F7N4O2/c1-16-10-20(28)2-3-22(16)23-14-21(37-9-7-35-15-24(37)39)5-8-38(23)25(40)36-6-4-17-11-18(26(29,30)31)13-19(12-17)27(32,33)34/h2-3,10-13,21,23,35H,4-9,14-15H2,1H3,(H,36,40)/t21-,23-/m1/s1. The predicted molar refractivity (Wildman–Crippen MR) is 132 cm³/mol. The van der Waals surface area contributed by atoms with Gasteiger partial charge in [-0.25, -0.2) is 9.18 Å². The van der Waals surface area contributed by atoms with Gasteiger partial charge in [-0.3, -0.25) is 4.79 Å². The molecule has 2 saturated heterocycles. The Balaban J connectivity index is 1.50. The van der Waals surface area contributed by atoms with Crippen molar-refractivity contribution in [1.82, 2.24) is 20.4 Å². The van der Waals surface area contributed by atoms with Crippen LogP contribution in [0.4, 0.5) is 35.5 Å². The molecule has 0 aliphatic carbocycles. The average molecular weight is 575 g/mol. The van der Waals surface area contributed by atoms with Crippen molar-refractivity contribution in [2.45, 2.75) is 50.6 Å². The average Bonchev–Trinajstić information content (AvgIpc) is 2.87. The Morgan fingerprint density at radius 3 is 2.30 bits per heavy atom. The summed E-state index contributed by atoms with van der Waals surface area (Å²) in [6.45, 7) is 3.12. The zero-order chi connectivity index (χ0) is 29.2. The summed E-state index contributed by atoms with van der Waals surface area (Å²) in [5.74, 6) is -0.496. The van der Waals surface area contributed by atoms with Gasteiger partial charge >= 0.3 is 18.4 Å². The number of carbonyl (C=O) groups is 2. The van der Waals surface area contributed by atoms with Gasteiger partial charge in [-0.15, -0.1) is 0 Å². The lowest BCUT2D eigenvalue weighted by Crippen LogP contribution is -2.57. The number of nitrogens with one attached hydrogen (secondary N) is 2.